The van der Waals surface area contributed by atoms with Crippen LogP contribution in [0.4, 0.5) is 0 Å². The molecule has 0 amide bonds. The van der Waals surface area contributed by atoms with E-state index in [1.54, 1.807) is 6.08 Å². The third-order valence-corrected chi connectivity index (χ3v) is 3.91. The maximum absolute atomic E-state index is 11.1. The van der Waals surface area contributed by atoms with Crippen LogP contribution in [-0.2, 0) is 9.53 Å². The molecular formula is C14H13BrO2. The topological polar surface area (TPSA) is 26.3 Å². The summed E-state index contributed by atoms with van der Waals surface area (Å²) >= 11 is 3.49. The van der Waals surface area contributed by atoms with Gasteiger partial charge in [-0.1, -0.05) is 58.4 Å². The van der Waals surface area contributed by atoms with Gasteiger partial charge in [0.25, 0.3) is 0 Å². The van der Waals surface area contributed by atoms with Gasteiger partial charge < -0.3 is 4.74 Å². The Hall–Kier alpha value is -1.19. The number of allylic oxidation sites excluding steroid dienone is 2. The summed E-state index contributed by atoms with van der Waals surface area (Å²) in [5.41, 5.74) is 1.32. The Labute approximate surface area is 109 Å². The van der Waals surface area contributed by atoms with Gasteiger partial charge >= 0.3 is 0 Å². The van der Waals surface area contributed by atoms with Crippen LogP contribution in [0.15, 0.2) is 48.6 Å². The lowest BCUT2D eigenvalue weighted by atomic mass is 9.90. The molecule has 2 rings (SSSR count). The van der Waals surface area contributed by atoms with Gasteiger partial charge in [-0.3, -0.25) is 4.79 Å². The van der Waals surface area contributed by atoms with Crippen LogP contribution in [0.25, 0.3) is 5.57 Å². The van der Waals surface area contributed by atoms with Crippen LogP contribution < -0.4 is 0 Å². The second-order valence-electron chi connectivity index (χ2n) is 3.90. The Kier molecular flexibility index (Phi) is 3.60. The average molecular weight is 293 g/mol. The molecule has 0 aliphatic heterocycles. The zero-order chi connectivity index (χ0) is 12.3. The van der Waals surface area contributed by atoms with E-state index in [0.717, 1.165) is 17.4 Å². The van der Waals surface area contributed by atoms with Crippen molar-refractivity contribution < 1.29 is 9.53 Å². The van der Waals surface area contributed by atoms with Crippen LogP contribution in [0, 0.1) is 0 Å². The van der Waals surface area contributed by atoms with Gasteiger partial charge in [0.05, 0.1) is 4.83 Å². The van der Waals surface area contributed by atoms with Gasteiger partial charge in [0.2, 0.25) is 0 Å². The standard InChI is InChI=1S/C14H13BrO2/c1-17-14(10-16)8-7-12(9-13(14)15)11-5-3-2-4-6-11/h2-10,13H,1H3. The fourth-order valence-corrected chi connectivity index (χ4v) is 2.54. The smallest absolute Gasteiger partial charge is 0.157 e. The molecule has 0 N–H and O–H groups in total. The highest BCUT2D eigenvalue weighted by atomic mass is 79.9. The highest BCUT2D eigenvalue weighted by molar-refractivity contribution is 9.09. The van der Waals surface area contributed by atoms with Crippen molar-refractivity contribution >= 4 is 27.8 Å². The summed E-state index contributed by atoms with van der Waals surface area (Å²) in [5.74, 6) is 0. The van der Waals surface area contributed by atoms with Crippen LogP contribution >= 0.6 is 15.9 Å². The molecule has 88 valence electrons. The number of rotatable bonds is 3. The third kappa shape index (κ3) is 2.26. The van der Waals surface area contributed by atoms with Gasteiger partial charge in [0.15, 0.2) is 11.9 Å². The number of alkyl halides is 1. The number of aldehydes is 1. The Balaban J connectivity index is 2.33. The van der Waals surface area contributed by atoms with Crippen LogP contribution in [0.3, 0.4) is 0 Å². The highest BCUT2D eigenvalue weighted by Gasteiger charge is 2.36. The summed E-state index contributed by atoms with van der Waals surface area (Å²) in [6.07, 6.45) is 6.53. The zero-order valence-corrected chi connectivity index (χ0v) is 11.1. The number of halogens is 1. The normalized spacial score (nSPS) is 27.6. The molecular weight excluding hydrogens is 280 g/mol. The molecule has 0 radical (unpaired) electrons. The highest BCUT2D eigenvalue weighted by Crippen LogP contribution is 2.32. The minimum Gasteiger partial charge on any atom is -0.365 e. The lowest BCUT2D eigenvalue weighted by Crippen LogP contribution is -2.41. The number of carbonyl (C=O) groups excluding carboxylic acids is 1. The molecule has 2 unspecified atom stereocenters. The van der Waals surface area contributed by atoms with Gasteiger partial charge in [-0.15, -0.1) is 0 Å². The SMILES string of the molecule is COC1(C=O)C=CC(c2ccccc2)=CC1Br. The molecule has 0 spiro atoms. The van der Waals surface area contributed by atoms with Crippen molar-refractivity contribution in [1.29, 1.82) is 0 Å². The Morgan fingerprint density at radius 2 is 2.06 bits per heavy atom. The van der Waals surface area contributed by atoms with E-state index in [9.17, 15) is 4.79 Å². The van der Waals surface area contributed by atoms with E-state index < -0.39 is 5.60 Å². The number of carbonyl (C=O) groups is 1. The molecule has 3 heteroatoms. The summed E-state index contributed by atoms with van der Waals surface area (Å²) < 4.78 is 5.28. The van der Waals surface area contributed by atoms with Gasteiger partial charge in [-0.2, -0.15) is 0 Å². The first kappa shape index (κ1) is 12.3. The van der Waals surface area contributed by atoms with Crippen molar-refractivity contribution in [3.05, 3.63) is 54.1 Å². The maximum atomic E-state index is 11.1. The summed E-state index contributed by atoms with van der Waals surface area (Å²) in [7, 11) is 1.54. The minimum absolute atomic E-state index is 0.155. The lowest BCUT2D eigenvalue weighted by Gasteiger charge is -2.30. The number of ether oxygens (including phenoxy) is 1. The van der Waals surface area contributed by atoms with Gasteiger partial charge in [-0.05, 0) is 17.2 Å². The molecule has 1 aliphatic carbocycles. The molecule has 1 aliphatic rings. The monoisotopic (exact) mass is 292 g/mol. The Morgan fingerprint density at radius 3 is 2.59 bits per heavy atom. The fraction of sp³-hybridized carbons (Fsp3) is 0.214. The summed E-state index contributed by atoms with van der Waals surface area (Å²) in [4.78, 5) is 11.0. The molecule has 1 aromatic carbocycles. The quantitative estimate of drug-likeness (QED) is 0.632. The first-order valence-corrected chi connectivity index (χ1v) is 6.25. The molecule has 2 nitrogen and oxygen atoms in total. The molecule has 0 bridgehead atoms. The van der Waals surface area contributed by atoms with Crippen molar-refractivity contribution in [2.45, 2.75) is 10.4 Å². The van der Waals surface area contributed by atoms with Gasteiger partial charge in [0.1, 0.15) is 0 Å². The van der Waals surface area contributed by atoms with E-state index in [4.69, 9.17) is 4.74 Å². The zero-order valence-electron chi connectivity index (χ0n) is 9.47. The Morgan fingerprint density at radius 1 is 1.35 bits per heavy atom. The van der Waals surface area contributed by atoms with Crippen molar-refractivity contribution in [1.82, 2.24) is 0 Å². The molecule has 2 atom stereocenters. The van der Waals surface area contributed by atoms with Crippen LogP contribution in [0.2, 0.25) is 0 Å². The molecule has 0 fully saturated rings. The first-order chi connectivity index (χ1) is 8.22. The summed E-state index contributed by atoms with van der Waals surface area (Å²) in [5, 5.41) is 0. The third-order valence-electron chi connectivity index (χ3n) is 2.93. The van der Waals surface area contributed by atoms with Crippen LogP contribution in [0.5, 0.6) is 0 Å². The van der Waals surface area contributed by atoms with Gasteiger partial charge in [-0.25, -0.2) is 0 Å². The average Bonchev–Trinajstić information content (AvgIpc) is 2.40. The van der Waals surface area contributed by atoms with Crippen molar-refractivity contribution in [3.63, 3.8) is 0 Å². The van der Waals surface area contributed by atoms with E-state index in [1.807, 2.05) is 42.5 Å². The molecule has 0 saturated heterocycles. The van der Waals surface area contributed by atoms with Crippen molar-refractivity contribution in [2.24, 2.45) is 0 Å². The molecule has 1 aromatic rings. The number of hydrogen-bond acceptors (Lipinski definition) is 2. The van der Waals surface area contributed by atoms with Crippen LogP contribution in [0.1, 0.15) is 5.56 Å². The second kappa shape index (κ2) is 4.98. The second-order valence-corrected chi connectivity index (χ2v) is 4.89. The fourth-order valence-electron chi connectivity index (χ4n) is 1.81. The van der Waals surface area contributed by atoms with E-state index in [1.165, 1.54) is 7.11 Å². The maximum Gasteiger partial charge on any atom is 0.157 e. The van der Waals surface area contributed by atoms with Crippen LogP contribution in [-0.4, -0.2) is 23.8 Å². The minimum atomic E-state index is -0.891. The lowest BCUT2D eigenvalue weighted by molar-refractivity contribution is -0.121. The summed E-state index contributed by atoms with van der Waals surface area (Å²) in [6.45, 7) is 0. The van der Waals surface area contributed by atoms with Crippen molar-refractivity contribution in [2.75, 3.05) is 7.11 Å². The van der Waals surface area contributed by atoms with E-state index in [-0.39, 0.29) is 4.83 Å². The number of hydrogen-bond donors (Lipinski definition) is 0. The van der Waals surface area contributed by atoms with E-state index in [0.29, 0.717) is 0 Å². The summed E-state index contributed by atoms with van der Waals surface area (Å²) in [6, 6.07) is 10.0. The predicted octanol–water partition coefficient (Wildman–Crippen LogP) is 2.99. The van der Waals surface area contributed by atoms with E-state index >= 15 is 0 Å². The number of methoxy groups -OCH3 is 1. The van der Waals surface area contributed by atoms with Crippen molar-refractivity contribution in [3.8, 4) is 0 Å². The molecule has 17 heavy (non-hydrogen) atoms. The molecule has 0 saturated carbocycles. The molecule has 0 aromatic heterocycles. The predicted molar refractivity (Wildman–Crippen MR) is 72.1 cm³/mol. The molecule has 0 heterocycles. The van der Waals surface area contributed by atoms with E-state index in [2.05, 4.69) is 15.9 Å². The Bertz CT molecular complexity index is 464. The largest absolute Gasteiger partial charge is 0.365 e. The number of benzene rings is 1. The first-order valence-electron chi connectivity index (χ1n) is 5.34. The van der Waals surface area contributed by atoms with Gasteiger partial charge in [0, 0.05) is 7.11 Å².